The summed E-state index contributed by atoms with van der Waals surface area (Å²) in [5, 5.41) is 0. The molecule has 0 aromatic heterocycles. The van der Waals surface area contributed by atoms with Gasteiger partial charge in [-0.05, 0) is 43.5 Å². The summed E-state index contributed by atoms with van der Waals surface area (Å²) in [6.07, 6.45) is 1.22. The Hall–Kier alpha value is -1.80. The predicted molar refractivity (Wildman–Crippen MR) is 88.6 cm³/mol. The van der Waals surface area contributed by atoms with Gasteiger partial charge in [0.15, 0.2) is 0 Å². The Morgan fingerprint density at radius 1 is 0.905 bits per heavy atom. The molecule has 2 aromatic carbocycles. The van der Waals surface area contributed by atoms with Gasteiger partial charge in [0, 0.05) is 12.0 Å². The summed E-state index contributed by atoms with van der Waals surface area (Å²) in [5.74, 6) is 1.23. The monoisotopic (exact) mass is 283 g/mol. The number of rotatable bonds is 6. The third-order valence-corrected chi connectivity index (χ3v) is 3.74. The molecule has 2 aromatic rings. The van der Waals surface area contributed by atoms with Crippen molar-refractivity contribution in [2.75, 3.05) is 0 Å². The van der Waals surface area contributed by atoms with E-state index in [0.717, 1.165) is 17.7 Å². The van der Waals surface area contributed by atoms with Gasteiger partial charge in [0.2, 0.25) is 0 Å². The second-order valence-electron chi connectivity index (χ2n) is 5.69. The maximum absolute atomic E-state index is 6.49. The average molecular weight is 283 g/mol. The molecular weight excluding hydrogens is 258 g/mol. The smallest absolute Gasteiger partial charge is 0.119 e. The molecule has 2 atom stereocenters. The van der Waals surface area contributed by atoms with E-state index >= 15 is 0 Å². The van der Waals surface area contributed by atoms with Gasteiger partial charge in [-0.1, -0.05) is 49.4 Å². The van der Waals surface area contributed by atoms with E-state index < -0.39 is 0 Å². The summed E-state index contributed by atoms with van der Waals surface area (Å²) in [4.78, 5) is 0. The van der Waals surface area contributed by atoms with Crippen molar-refractivity contribution >= 4 is 0 Å². The number of hydrogen-bond acceptors (Lipinski definition) is 2. The van der Waals surface area contributed by atoms with Crippen molar-refractivity contribution in [2.45, 2.75) is 45.3 Å². The molecule has 2 rings (SSSR count). The fraction of sp³-hybridized carbons (Fsp3) is 0.368. The first kappa shape index (κ1) is 15.6. The summed E-state index contributed by atoms with van der Waals surface area (Å²) >= 11 is 0. The van der Waals surface area contributed by atoms with E-state index in [0.29, 0.717) is 5.92 Å². The lowest BCUT2D eigenvalue weighted by Gasteiger charge is -2.24. The van der Waals surface area contributed by atoms with Crippen LogP contribution in [0.15, 0.2) is 54.6 Å². The van der Waals surface area contributed by atoms with Crippen LogP contribution in [0, 0.1) is 0 Å². The fourth-order valence-corrected chi connectivity index (χ4v) is 2.67. The first-order valence-corrected chi connectivity index (χ1v) is 7.69. The maximum Gasteiger partial charge on any atom is 0.119 e. The predicted octanol–water partition coefficient (Wildman–Crippen LogP) is 4.67. The summed E-state index contributed by atoms with van der Waals surface area (Å²) in [5.41, 5.74) is 8.95. The molecule has 2 nitrogen and oxygen atoms in total. The van der Waals surface area contributed by atoms with E-state index in [4.69, 9.17) is 10.5 Å². The van der Waals surface area contributed by atoms with Crippen molar-refractivity contribution in [3.8, 4) is 5.75 Å². The third kappa shape index (κ3) is 4.08. The van der Waals surface area contributed by atoms with Gasteiger partial charge >= 0.3 is 0 Å². The Kier molecular flexibility index (Phi) is 5.40. The van der Waals surface area contributed by atoms with Crippen molar-refractivity contribution in [3.05, 3.63) is 65.7 Å². The zero-order valence-electron chi connectivity index (χ0n) is 13.1. The van der Waals surface area contributed by atoms with Crippen molar-refractivity contribution in [1.82, 2.24) is 0 Å². The molecule has 0 heterocycles. The van der Waals surface area contributed by atoms with E-state index in [2.05, 4.69) is 43.3 Å². The highest BCUT2D eigenvalue weighted by Crippen LogP contribution is 2.32. The highest BCUT2D eigenvalue weighted by Gasteiger charge is 2.19. The normalized spacial score (nSPS) is 14.0. The minimum Gasteiger partial charge on any atom is -0.491 e. The quantitative estimate of drug-likeness (QED) is 0.836. The van der Waals surface area contributed by atoms with Crippen LogP contribution in [-0.4, -0.2) is 6.10 Å². The molecule has 2 heteroatoms. The largest absolute Gasteiger partial charge is 0.491 e. The van der Waals surface area contributed by atoms with Crippen molar-refractivity contribution < 1.29 is 4.74 Å². The molecule has 0 aliphatic carbocycles. The van der Waals surface area contributed by atoms with Gasteiger partial charge in [0.05, 0.1) is 6.10 Å². The van der Waals surface area contributed by atoms with Gasteiger partial charge < -0.3 is 10.5 Å². The van der Waals surface area contributed by atoms with Crippen LogP contribution in [0.5, 0.6) is 5.75 Å². The Morgan fingerprint density at radius 3 is 2.05 bits per heavy atom. The molecule has 2 N–H and O–H groups in total. The summed E-state index contributed by atoms with van der Waals surface area (Å²) in [6, 6.07) is 18.7. The van der Waals surface area contributed by atoms with Crippen molar-refractivity contribution in [2.24, 2.45) is 5.73 Å². The molecule has 2 unspecified atom stereocenters. The minimum absolute atomic E-state index is 0.00509. The summed E-state index contributed by atoms with van der Waals surface area (Å²) in [6.45, 7) is 6.25. The summed E-state index contributed by atoms with van der Waals surface area (Å²) in [7, 11) is 0. The Morgan fingerprint density at radius 2 is 1.52 bits per heavy atom. The minimum atomic E-state index is 0.00509. The first-order chi connectivity index (χ1) is 10.1. The summed E-state index contributed by atoms with van der Waals surface area (Å²) < 4.78 is 5.68. The first-order valence-electron chi connectivity index (χ1n) is 7.69. The highest BCUT2D eigenvalue weighted by molar-refractivity contribution is 5.32. The van der Waals surface area contributed by atoms with E-state index in [1.165, 1.54) is 5.56 Å². The molecule has 0 fully saturated rings. The van der Waals surface area contributed by atoms with E-state index in [-0.39, 0.29) is 12.1 Å². The van der Waals surface area contributed by atoms with Crippen LogP contribution in [0.3, 0.4) is 0 Å². The molecule has 21 heavy (non-hydrogen) atoms. The molecule has 0 aliphatic heterocycles. The Labute approximate surface area is 127 Å². The highest BCUT2D eigenvalue weighted by atomic mass is 16.5. The Balaban J connectivity index is 2.16. The van der Waals surface area contributed by atoms with Gasteiger partial charge in [-0.15, -0.1) is 0 Å². The van der Waals surface area contributed by atoms with Crippen LogP contribution in [0.1, 0.15) is 50.3 Å². The van der Waals surface area contributed by atoms with Gasteiger partial charge in [0.25, 0.3) is 0 Å². The molecule has 0 saturated heterocycles. The SMILES string of the molecule is CCC(c1ccccc1)C(N)c1ccc(OC(C)C)cc1. The zero-order chi connectivity index (χ0) is 15.2. The van der Waals surface area contributed by atoms with E-state index in [9.17, 15) is 0 Å². The Bertz CT molecular complexity index is 533. The molecule has 0 amide bonds. The van der Waals surface area contributed by atoms with Crippen molar-refractivity contribution in [1.29, 1.82) is 0 Å². The van der Waals surface area contributed by atoms with Gasteiger partial charge in [-0.25, -0.2) is 0 Å². The van der Waals surface area contributed by atoms with Gasteiger partial charge in [-0.2, -0.15) is 0 Å². The lowest BCUT2D eigenvalue weighted by atomic mass is 9.86. The van der Waals surface area contributed by atoms with E-state index in [1.54, 1.807) is 0 Å². The average Bonchev–Trinajstić information content (AvgIpc) is 2.49. The van der Waals surface area contributed by atoms with Crippen LogP contribution in [0.2, 0.25) is 0 Å². The number of nitrogens with two attached hydrogens (primary N) is 1. The second kappa shape index (κ2) is 7.28. The van der Waals surface area contributed by atoms with Crippen molar-refractivity contribution in [3.63, 3.8) is 0 Å². The molecule has 0 radical (unpaired) electrons. The topological polar surface area (TPSA) is 35.2 Å². The molecule has 0 aliphatic rings. The standard InChI is InChI=1S/C19H25NO/c1-4-18(15-8-6-5-7-9-15)19(20)16-10-12-17(13-11-16)21-14(2)3/h5-14,18-19H,4,20H2,1-3H3. The van der Waals surface area contributed by atoms with Crippen LogP contribution in [0.25, 0.3) is 0 Å². The lowest BCUT2D eigenvalue weighted by molar-refractivity contribution is 0.242. The van der Waals surface area contributed by atoms with Crippen LogP contribution >= 0.6 is 0 Å². The number of hydrogen-bond donors (Lipinski definition) is 1. The van der Waals surface area contributed by atoms with E-state index in [1.807, 2.05) is 32.0 Å². The molecule has 0 bridgehead atoms. The third-order valence-electron chi connectivity index (χ3n) is 3.74. The van der Waals surface area contributed by atoms with Crippen LogP contribution in [-0.2, 0) is 0 Å². The molecule has 0 spiro atoms. The molecular formula is C19H25NO. The van der Waals surface area contributed by atoms with Crippen LogP contribution < -0.4 is 10.5 Å². The second-order valence-corrected chi connectivity index (χ2v) is 5.69. The zero-order valence-corrected chi connectivity index (χ0v) is 13.1. The number of benzene rings is 2. The lowest BCUT2D eigenvalue weighted by Crippen LogP contribution is -2.19. The maximum atomic E-state index is 6.49. The fourth-order valence-electron chi connectivity index (χ4n) is 2.67. The molecule has 0 saturated carbocycles. The van der Waals surface area contributed by atoms with Crippen LogP contribution in [0.4, 0.5) is 0 Å². The van der Waals surface area contributed by atoms with Gasteiger partial charge in [-0.3, -0.25) is 0 Å². The molecule has 112 valence electrons. The van der Waals surface area contributed by atoms with Gasteiger partial charge in [0.1, 0.15) is 5.75 Å². The number of ether oxygens (including phenoxy) is 1.